The minimum Gasteiger partial charge on any atom is -0.384 e. The fourth-order valence-corrected chi connectivity index (χ4v) is 4.52. The van der Waals surface area contributed by atoms with Crippen LogP contribution in [0.15, 0.2) is 41.5 Å². The molecule has 0 spiro atoms. The van der Waals surface area contributed by atoms with E-state index in [9.17, 15) is 14.7 Å². The van der Waals surface area contributed by atoms with Crippen molar-refractivity contribution in [1.82, 2.24) is 24.6 Å². The number of rotatable bonds is 6. The molecule has 34 heavy (non-hydrogen) atoms. The van der Waals surface area contributed by atoms with Crippen LogP contribution in [0.25, 0.3) is 22.0 Å². The number of fused-ring (bicyclic) bond motifs is 1. The lowest BCUT2D eigenvalue weighted by Crippen LogP contribution is -2.24. The van der Waals surface area contributed by atoms with Crippen LogP contribution < -0.4 is 10.9 Å². The second-order valence-corrected chi connectivity index (χ2v) is 9.28. The van der Waals surface area contributed by atoms with Crippen molar-refractivity contribution >= 4 is 16.8 Å². The summed E-state index contributed by atoms with van der Waals surface area (Å²) in [5.74, 6) is -0.278. The molecule has 0 saturated carbocycles. The first kappa shape index (κ1) is 23.5. The molecule has 4 rings (SSSR count). The number of pyridine rings is 1. The molecule has 178 valence electrons. The Morgan fingerprint density at radius 1 is 1.21 bits per heavy atom. The van der Waals surface area contributed by atoms with Crippen molar-refractivity contribution in [3.63, 3.8) is 0 Å². The maximum Gasteiger partial charge on any atom is 0.274 e. The number of aromatic nitrogens is 4. The summed E-state index contributed by atoms with van der Waals surface area (Å²) in [5, 5.41) is 19.2. The number of amides is 1. The van der Waals surface area contributed by atoms with Gasteiger partial charge in [-0.15, -0.1) is 0 Å². The Bertz CT molecular complexity index is 1430. The molecule has 0 fully saturated rings. The molecular formula is C26H31N5O3. The highest BCUT2D eigenvalue weighted by molar-refractivity contribution is 6.02. The van der Waals surface area contributed by atoms with E-state index in [1.165, 1.54) is 4.57 Å². The zero-order valence-electron chi connectivity index (χ0n) is 20.5. The van der Waals surface area contributed by atoms with Crippen LogP contribution in [0.3, 0.4) is 0 Å². The van der Waals surface area contributed by atoms with Gasteiger partial charge in [-0.1, -0.05) is 18.2 Å². The topological polar surface area (TPSA) is 105 Å². The molecule has 1 aromatic carbocycles. The van der Waals surface area contributed by atoms with Crippen molar-refractivity contribution < 1.29 is 9.90 Å². The molecule has 0 atom stereocenters. The molecule has 4 aromatic rings. The van der Waals surface area contributed by atoms with E-state index in [4.69, 9.17) is 0 Å². The van der Waals surface area contributed by atoms with Crippen LogP contribution in [0.1, 0.15) is 53.6 Å². The molecule has 1 amide bonds. The predicted octanol–water partition coefficient (Wildman–Crippen LogP) is 3.37. The normalized spacial score (nSPS) is 11.9. The zero-order valence-corrected chi connectivity index (χ0v) is 20.5. The third kappa shape index (κ3) is 4.05. The number of aromatic amines is 1. The Morgan fingerprint density at radius 3 is 2.50 bits per heavy atom. The van der Waals surface area contributed by atoms with Gasteiger partial charge in [-0.2, -0.15) is 5.10 Å². The second-order valence-electron chi connectivity index (χ2n) is 9.28. The summed E-state index contributed by atoms with van der Waals surface area (Å²) in [5.41, 5.74) is 4.73. The van der Waals surface area contributed by atoms with Gasteiger partial charge in [0.25, 0.3) is 11.5 Å². The second kappa shape index (κ2) is 8.61. The molecule has 0 aliphatic rings. The van der Waals surface area contributed by atoms with Gasteiger partial charge in [-0.3, -0.25) is 14.3 Å². The zero-order chi connectivity index (χ0) is 24.8. The average molecular weight is 462 g/mol. The standard InChI is InChI=1S/C26H31N5O3/c1-7-27-24(32)21-11-17-20(13-30(6)25(33)22(17)29-21)18-12-28-31(23(18)26(4,5)34)14-19-15(2)9-8-10-16(19)3/h8-13,29,34H,7,14H2,1-6H3,(H,27,32). The predicted molar refractivity (Wildman–Crippen MR) is 133 cm³/mol. The van der Waals surface area contributed by atoms with Gasteiger partial charge in [0, 0.05) is 36.3 Å². The molecular weight excluding hydrogens is 430 g/mol. The number of carbonyl (C=O) groups excluding carboxylic acids is 1. The van der Waals surface area contributed by atoms with Gasteiger partial charge in [-0.05, 0) is 57.4 Å². The number of aliphatic hydroxyl groups is 1. The van der Waals surface area contributed by atoms with Crippen LogP contribution >= 0.6 is 0 Å². The minimum absolute atomic E-state index is 0.234. The third-order valence-corrected chi connectivity index (χ3v) is 6.21. The van der Waals surface area contributed by atoms with Crippen LogP contribution in [0, 0.1) is 13.8 Å². The van der Waals surface area contributed by atoms with E-state index in [1.54, 1.807) is 39.4 Å². The largest absolute Gasteiger partial charge is 0.384 e. The Labute approximate surface area is 198 Å². The maximum atomic E-state index is 12.8. The van der Waals surface area contributed by atoms with Crippen molar-refractivity contribution in [3.05, 3.63) is 75.1 Å². The molecule has 0 saturated heterocycles. The fourth-order valence-electron chi connectivity index (χ4n) is 4.52. The van der Waals surface area contributed by atoms with E-state index in [2.05, 4.69) is 41.4 Å². The number of nitrogens with zero attached hydrogens (tertiary/aromatic N) is 3. The summed E-state index contributed by atoms with van der Waals surface area (Å²) in [7, 11) is 1.67. The van der Waals surface area contributed by atoms with Gasteiger partial charge >= 0.3 is 0 Å². The Hall–Kier alpha value is -3.65. The number of hydrogen-bond donors (Lipinski definition) is 3. The molecule has 0 aliphatic heterocycles. The first-order chi connectivity index (χ1) is 16.0. The SMILES string of the molecule is CCNC(=O)c1cc2c(-c3cnn(Cc4c(C)cccc4C)c3C(C)(C)O)cn(C)c(=O)c2[nH]1. The monoisotopic (exact) mass is 461 g/mol. The van der Waals surface area contributed by atoms with Crippen molar-refractivity contribution in [2.24, 2.45) is 7.05 Å². The highest BCUT2D eigenvalue weighted by Gasteiger charge is 2.29. The lowest BCUT2D eigenvalue weighted by atomic mass is 9.95. The molecule has 0 aliphatic carbocycles. The van der Waals surface area contributed by atoms with Gasteiger partial charge in [-0.25, -0.2) is 0 Å². The van der Waals surface area contributed by atoms with Gasteiger partial charge in [0.2, 0.25) is 0 Å². The van der Waals surface area contributed by atoms with E-state index >= 15 is 0 Å². The van der Waals surface area contributed by atoms with Crippen LogP contribution in [-0.4, -0.2) is 36.9 Å². The molecule has 3 aromatic heterocycles. The van der Waals surface area contributed by atoms with Crippen molar-refractivity contribution in [3.8, 4) is 11.1 Å². The number of hydrogen-bond acceptors (Lipinski definition) is 4. The summed E-state index contributed by atoms with van der Waals surface area (Å²) in [6.07, 6.45) is 3.45. The Morgan fingerprint density at radius 2 is 1.88 bits per heavy atom. The molecule has 0 bridgehead atoms. The highest BCUT2D eigenvalue weighted by atomic mass is 16.3. The first-order valence-electron chi connectivity index (χ1n) is 11.4. The fraction of sp³-hybridized carbons (Fsp3) is 0.346. The summed E-state index contributed by atoms with van der Waals surface area (Å²) in [4.78, 5) is 28.3. The number of carbonyl (C=O) groups is 1. The van der Waals surface area contributed by atoms with E-state index in [0.29, 0.717) is 46.5 Å². The number of H-pyrrole nitrogens is 1. The molecule has 3 heterocycles. The third-order valence-electron chi connectivity index (χ3n) is 6.21. The highest BCUT2D eigenvalue weighted by Crippen LogP contribution is 2.36. The number of nitrogens with one attached hydrogen (secondary N) is 2. The molecule has 8 heteroatoms. The molecule has 3 N–H and O–H groups in total. The van der Waals surface area contributed by atoms with Gasteiger partial charge in [0.1, 0.15) is 16.8 Å². The molecule has 8 nitrogen and oxygen atoms in total. The minimum atomic E-state index is -1.21. The molecule has 0 radical (unpaired) electrons. The Balaban J connectivity index is 1.95. The lowest BCUT2D eigenvalue weighted by Gasteiger charge is -2.23. The first-order valence-corrected chi connectivity index (χ1v) is 11.4. The van der Waals surface area contributed by atoms with Gasteiger partial charge in [0.15, 0.2) is 0 Å². The van der Waals surface area contributed by atoms with Crippen molar-refractivity contribution in [2.75, 3.05) is 6.54 Å². The summed E-state index contributed by atoms with van der Waals surface area (Å²) in [6, 6.07) is 7.85. The Kier molecular flexibility index (Phi) is 5.95. The average Bonchev–Trinajstić information content (AvgIpc) is 3.39. The van der Waals surface area contributed by atoms with Gasteiger partial charge in [0.05, 0.1) is 18.4 Å². The van der Waals surface area contributed by atoms with Crippen LogP contribution in [0.2, 0.25) is 0 Å². The van der Waals surface area contributed by atoms with Crippen molar-refractivity contribution in [1.29, 1.82) is 0 Å². The number of aryl methyl sites for hydroxylation is 3. The van der Waals surface area contributed by atoms with E-state index < -0.39 is 5.60 Å². The van der Waals surface area contributed by atoms with Crippen LogP contribution in [0.4, 0.5) is 0 Å². The maximum absolute atomic E-state index is 12.8. The van der Waals surface area contributed by atoms with Gasteiger partial charge < -0.3 is 20.0 Å². The summed E-state index contributed by atoms with van der Waals surface area (Å²) < 4.78 is 3.30. The van der Waals surface area contributed by atoms with Crippen LogP contribution in [0.5, 0.6) is 0 Å². The molecule has 0 unspecified atom stereocenters. The van der Waals surface area contributed by atoms with Crippen molar-refractivity contribution in [2.45, 2.75) is 46.8 Å². The van der Waals surface area contributed by atoms with E-state index in [0.717, 1.165) is 16.7 Å². The number of benzene rings is 1. The smallest absolute Gasteiger partial charge is 0.274 e. The summed E-state index contributed by atoms with van der Waals surface area (Å²) >= 11 is 0. The lowest BCUT2D eigenvalue weighted by molar-refractivity contribution is 0.0694. The van der Waals surface area contributed by atoms with E-state index in [1.807, 2.05) is 17.7 Å². The van der Waals surface area contributed by atoms with Crippen LogP contribution in [-0.2, 0) is 19.2 Å². The summed E-state index contributed by atoms with van der Waals surface area (Å²) in [6.45, 7) is 10.4. The van der Waals surface area contributed by atoms with E-state index in [-0.39, 0.29) is 11.5 Å². The quantitative estimate of drug-likeness (QED) is 0.409.